The number of nitrogens with zero attached hydrogens (tertiary/aromatic N) is 3. The fourth-order valence-electron chi connectivity index (χ4n) is 3.87. The van der Waals surface area contributed by atoms with Gasteiger partial charge in [-0.25, -0.2) is 9.97 Å². The van der Waals surface area contributed by atoms with E-state index in [1.165, 1.54) is 23.7 Å². The summed E-state index contributed by atoms with van der Waals surface area (Å²) in [5, 5.41) is 6.39. The number of hydrogen-bond donors (Lipinski definition) is 2. The molecule has 0 spiro atoms. The molecule has 186 valence electrons. The van der Waals surface area contributed by atoms with Crippen LogP contribution in [-0.4, -0.2) is 27.5 Å². The lowest BCUT2D eigenvalue weighted by molar-refractivity contribution is -0.137. The molecule has 0 fully saturated rings. The van der Waals surface area contributed by atoms with Gasteiger partial charge in [0.05, 0.1) is 11.1 Å². The number of likely N-dealkylation sites (N-methyl/N-ethyl adjacent to an activating group) is 1. The van der Waals surface area contributed by atoms with Gasteiger partial charge >= 0.3 is 6.18 Å². The van der Waals surface area contributed by atoms with Gasteiger partial charge in [-0.05, 0) is 60.9 Å². The van der Waals surface area contributed by atoms with E-state index in [4.69, 9.17) is 0 Å². The Bertz CT molecular complexity index is 1500. The highest BCUT2D eigenvalue weighted by molar-refractivity contribution is 5.92. The maximum absolute atomic E-state index is 13.2. The van der Waals surface area contributed by atoms with Gasteiger partial charge in [0.25, 0.3) is 5.56 Å². The highest BCUT2D eigenvalue weighted by atomic mass is 19.4. The molecule has 2 N–H and O–H groups in total. The van der Waals surface area contributed by atoms with Gasteiger partial charge in [0.2, 0.25) is 5.91 Å². The second-order valence-electron chi connectivity index (χ2n) is 8.40. The molecule has 0 saturated carbocycles. The van der Waals surface area contributed by atoms with Crippen LogP contribution in [0.25, 0.3) is 22.0 Å². The Balaban J connectivity index is 1.72. The first-order chi connectivity index (χ1) is 17.0. The maximum Gasteiger partial charge on any atom is 0.416 e. The van der Waals surface area contributed by atoms with Crippen LogP contribution in [0, 0.1) is 6.92 Å². The predicted molar refractivity (Wildman–Crippen MR) is 132 cm³/mol. The molecule has 1 atom stereocenters. The van der Waals surface area contributed by atoms with Crippen LogP contribution in [0.2, 0.25) is 0 Å². The molecule has 0 aliphatic heterocycles. The Hall–Kier alpha value is -4.21. The van der Waals surface area contributed by atoms with Crippen LogP contribution in [0.4, 0.5) is 19.0 Å². The zero-order valence-corrected chi connectivity index (χ0v) is 19.8. The second kappa shape index (κ2) is 9.80. The summed E-state index contributed by atoms with van der Waals surface area (Å²) < 4.78 is 40.9. The van der Waals surface area contributed by atoms with Crippen molar-refractivity contribution in [3.8, 4) is 11.1 Å². The van der Waals surface area contributed by atoms with Gasteiger partial charge in [-0.3, -0.25) is 9.59 Å². The molecule has 10 heteroatoms. The number of halogens is 3. The summed E-state index contributed by atoms with van der Waals surface area (Å²) in [7, 11) is 1.50. The van der Waals surface area contributed by atoms with E-state index in [9.17, 15) is 22.8 Å². The summed E-state index contributed by atoms with van der Waals surface area (Å²) in [6, 6.07) is 13.3. The molecule has 0 saturated heterocycles. The Morgan fingerprint density at radius 1 is 1.06 bits per heavy atom. The minimum atomic E-state index is -4.43. The number of fused-ring (bicyclic) bond motifs is 1. The van der Waals surface area contributed by atoms with Crippen LogP contribution < -0.4 is 16.2 Å². The van der Waals surface area contributed by atoms with E-state index in [0.29, 0.717) is 33.7 Å². The highest BCUT2D eigenvalue weighted by Crippen LogP contribution is 2.33. The van der Waals surface area contributed by atoms with Crippen LogP contribution in [-0.2, 0) is 17.5 Å². The van der Waals surface area contributed by atoms with Gasteiger partial charge in [0.15, 0.2) is 0 Å². The van der Waals surface area contributed by atoms with E-state index in [2.05, 4.69) is 20.6 Å². The number of alkyl halides is 3. The maximum atomic E-state index is 13.2. The first-order valence-electron chi connectivity index (χ1n) is 11.2. The lowest BCUT2D eigenvalue weighted by atomic mass is 10.0. The standard InChI is InChI=1S/C26H24F3N5O2/c1-15(17-5-4-6-20(11-17)26(27,28)29)31-25-21-12-18(7-9-22(21)32-16(2)33-25)19-8-10-24(36)34(13-19)14-23(35)30-3/h4-13,15H,14H2,1-3H3,(H,30,35)(H,31,32,33)/t15-/m1/s1. The van der Waals surface area contributed by atoms with Crippen molar-refractivity contribution in [3.63, 3.8) is 0 Å². The average Bonchev–Trinajstić information content (AvgIpc) is 2.84. The first-order valence-corrected chi connectivity index (χ1v) is 11.2. The third kappa shape index (κ3) is 5.37. The molecule has 36 heavy (non-hydrogen) atoms. The summed E-state index contributed by atoms with van der Waals surface area (Å²) >= 11 is 0. The smallest absolute Gasteiger partial charge is 0.363 e. The lowest BCUT2D eigenvalue weighted by Crippen LogP contribution is -2.29. The van der Waals surface area contributed by atoms with Gasteiger partial charge in [-0.15, -0.1) is 0 Å². The van der Waals surface area contributed by atoms with Crippen LogP contribution in [0.3, 0.4) is 0 Å². The van der Waals surface area contributed by atoms with Crippen molar-refractivity contribution < 1.29 is 18.0 Å². The number of aryl methyl sites for hydroxylation is 1. The zero-order valence-electron chi connectivity index (χ0n) is 19.8. The van der Waals surface area contributed by atoms with E-state index in [1.54, 1.807) is 32.2 Å². The quantitative estimate of drug-likeness (QED) is 0.405. The van der Waals surface area contributed by atoms with Crippen LogP contribution in [0.15, 0.2) is 65.6 Å². The molecule has 0 aliphatic carbocycles. The van der Waals surface area contributed by atoms with Gasteiger partial charge in [0, 0.05) is 30.7 Å². The Kier molecular flexibility index (Phi) is 6.78. The van der Waals surface area contributed by atoms with Crippen molar-refractivity contribution >= 4 is 22.6 Å². The SMILES string of the molecule is CNC(=O)Cn1cc(-c2ccc3nc(C)nc(N[C@H](C)c4cccc(C(F)(F)F)c4)c3c2)ccc1=O. The highest BCUT2D eigenvalue weighted by Gasteiger charge is 2.30. The van der Waals surface area contributed by atoms with Crippen molar-refractivity contribution in [2.75, 3.05) is 12.4 Å². The molecule has 4 rings (SSSR count). The monoisotopic (exact) mass is 495 g/mol. The topological polar surface area (TPSA) is 88.9 Å². The minimum Gasteiger partial charge on any atom is -0.363 e. The number of pyridine rings is 1. The number of hydrogen-bond acceptors (Lipinski definition) is 5. The average molecular weight is 496 g/mol. The summed E-state index contributed by atoms with van der Waals surface area (Å²) in [4.78, 5) is 32.9. The molecule has 0 radical (unpaired) electrons. The summed E-state index contributed by atoms with van der Waals surface area (Å²) in [6.07, 6.45) is -2.83. The zero-order chi connectivity index (χ0) is 26.0. The lowest BCUT2D eigenvalue weighted by Gasteiger charge is -2.18. The minimum absolute atomic E-state index is 0.111. The number of aromatic nitrogens is 3. The summed E-state index contributed by atoms with van der Waals surface area (Å²) in [6.45, 7) is 3.39. The number of amides is 1. The number of carbonyl (C=O) groups excluding carboxylic acids is 1. The fourth-order valence-corrected chi connectivity index (χ4v) is 3.87. The molecule has 4 aromatic rings. The largest absolute Gasteiger partial charge is 0.416 e. The first kappa shape index (κ1) is 24.9. The molecular weight excluding hydrogens is 471 g/mol. The number of anilines is 1. The number of carbonyl (C=O) groups is 1. The van der Waals surface area contributed by atoms with Crippen molar-refractivity contribution in [1.29, 1.82) is 0 Å². The van der Waals surface area contributed by atoms with Crippen molar-refractivity contribution in [2.24, 2.45) is 0 Å². The molecular formula is C26H24F3N5O2. The van der Waals surface area contributed by atoms with E-state index >= 15 is 0 Å². The Labute approximate surface area is 205 Å². The van der Waals surface area contributed by atoms with Crippen molar-refractivity contribution in [3.05, 3.63) is 88.1 Å². The third-order valence-corrected chi connectivity index (χ3v) is 5.78. The molecule has 0 unspecified atom stereocenters. The van der Waals surface area contributed by atoms with Crippen LogP contribution in [0.1, 0.15) is 29.9 Å². The normalized spacial score (nSPS) is 12.4. The second-order valence-corrected chi connectivity index (χ2v) is 8.40. The summed E-state index contributed by atoms with van der Waals surface area (Å²) in [5.74, 6) is 0.683. The van der Waals surface area contributed by atoms with Gasteiger partial charge in [-0.2, -0.15) is 13.2 Å². The summed E-state index contributed by atoms with van der Waals surface area (Å²) in [5.41, 5.74) is 1.56. The number of rotatable bonds is 6. The van der Waals surface area contributed by atoms with E-state index in [0.717, 1.165) is 17.7 Å². The Morgan fingerprint density at radius 2 is 1.81 bits per heavy atom. The predicted octanol–water partition coefficient (Wildman–Crippen LogP) is 4.70. The van der Waals surface area contributed by atoms with E-state index < -0.39 is 17.8 Å². The van der Waals surface area contributed by atoms with E-state index in [1.807, 2.05) is 18.2 Å². The van der Waals surface area contributed by atoms with Gasteiger partial charge in [0.1, 0.15) is 18.2 Å². The molecule has 2 aromatic heterocycles. The molecule has 0 bridgehead atoms. The Morgan fingerprint density at radius 3 is 2.53 bits per heavy atom. The number of nitrogens with one attached hydrogen (secondary N) is 2. The molecule has 1 amide bonds. The van der Waals surface area contributed by atoms with Crippen molar-refractivity contribution in [2.45, 2.75) is 32.6 Å². The van der Waals surface area contributed by atoms with E-state index in [-0.39, 0.29) is 18.0 Å². The third-order valence-electron chi connectivity index (χ3n) is 5.78. The van der Waals surface area contributed by atoms with Crippen LogP contribution in [0.5, 0.6) is 0 Å². The molecule has 2 aromatic carbocycles. The van der Waals surface area contributed by atoms with Gasteiger partial charge in [-0.1, -0.05) is 18.2 Å². The van der Waals surface area contributed by atoms with Crippen LogP contribution >= 0.6 is 0 Å². The molecule has 2 heterocycles. The molecule has 0 aliphatic rings. The number of benzene rings is 2. The van der Waals surface area contributed by atoms with Crippen molar-refractivity contribution in [1.82, 2.24) is 19.9 Å². The molecule has 7 nitrogen and oxygen atoms in total. The fraction of sp³-hybridized carbons (Fsp3) is 0.231. The van der Waals surface area contributed by atoms with Gasteiger partial charge < -0.3 is 15.2 Å².